The number of hydrogen-bond acceptors (Lipinski definition) is 3. The smallest absolute Gasteiger partial charge is 0.249 e. The maximum atomic E-state index is 12.0. The van der Waals surface area contributed by atoms with Crippen molar-refractivity contribution in [1.82, 2.24) is 14.6 Å². The Balaban J connectivity index is 2.46. The first-order chi connectivity index (χ1) is 6.96. The molecule has 0 aliphatic heterocycles. The molecular weight excluding hydrogens is 231 g/mol. The molecule has 0 atom stereocenters. The number of rotatable bonds is 1. The average molecular weight is 235 g/mol. The first kappa shape index (κ1) is 10.1. The highest BCUT2D eigenvalue weighted by atomic mass is 32.2. The van der Waals surface area contributed by atoms with E-state index >= 15 is 0 Å². The Kier molecular flexibility index (Phi) is 2.22. The van der Waals surface area contributed by atoms with Crippen molar-refractivity contribution in [2.75, 3.05) is 0 Å². The fourth-order valence-electron chi connectivity index (χ4n) is 1.08. The van der Waals surface area contributed by atoms with Gasteiger partial charge in [-0.15, -0.1) is 0 Å². The van der Waals surface area contributed by atoms with Gasteiger partial charge in [-0.2, -0.15) is 18.3 Å². The highest BCUT2D eigenvalue weighted by Crippen LogP contribution is 2.36. The lowest BCUT2D eigenvalue weighted by atomic mass is 10.5. The minimum absolute atomic E-state index is 0.0569. The van der Waals surface area contributed by atoms with Crippen LogP contribution in [0.15, 0.2) is 28.0 Å². The third kappa shape index (κ3) is 2.14. The van der Waals surface area contributed by atoms with E-state index in [1.54, 1.807) is 0 Å². The molecule has 2 rings (SSSR count). The largest absolute Gasteiger partial charge is 0.446 e. The number of nitrogens with one attached hydrogen (secondary N) is 1. The maximum Gasteiger partial charge on any atom is 0.446 e. The molecule has 2 aromatic heterocycles. The molecule has 2 aromatic rings. The summed E-state index contributed by atoms with van der Waals surface area (Å²) in [4.78, 5) is 11.0. The molecule has 0 aromatic carbocycles. The molecule has 8 heteroatoms. The number of halogens is 3. The van der Waals surface area contributed by atoms with Crippen LogP contribution in [-0.4, -0.2) is 20.1 Å². The lowest BCUT2D eigenvalue weighted by Gasteiger charge is -2.04. The summed E-state index contributed by atoms with van der Waals surface area (Å²) < 4.78 is 37.1. The minimum Gasteiger partial charge on any atom is -0.249 e. The van der Waals surface area contributed by atoms with Crippen molar-refractivity contribution >= 4 is 17.4 Å². The number of aromatic nitrogens is 3. The summed E-state index contributed by atoms with van der Waals surface area (Å²) in [6, 6.07) is 2.60. The van der Waals surface area contributed by atoms with Gasteiger partial charge in [0.05, 0.1) is 0 Å². The molecule has 0 aliphatic carbocycles. The Labute approximate surface area is 85.1 Å². The Morgan fingerprint density at radius 3 is 2.80 bits per heavy atom. The number of thioether (sulfide) groups is 1. The number of aromatic amines is 1. The molecule has 0 unspecified atom stereocenters. The molecule has 80 valence electrons. The Hall–Kier alpha value is -1.44. The van der Waals surface area contributed by atoms with Gasteiger partial charge in [0.15, 0.2) is 5.65 Å². The van der Waals surface area contributed by atoms with Crippen molar-refractivity contribution in [2.24, 2.45) is 0 Å². The van der Waals surface area contributed by atoms with Crippen LogP contribution in [0.3, 0.4) is 0 Å². The summed E-state index contributed by atoms with van der Waals surface area (Å²) in [6.07, 6.45) is 1.10. The first-order valence-corrected chi connectivity index (χ1v) is 4.60. The molecule has 0 spiro atoms. The van der Waals surface area contributed by atoms with Crippen molar-refractivity contribution in [3.63, 3.8) is 0 Å². The first-order valence-electron chi connectivity index (χ1n) is 3.78. The van der Waals surface area contributed by atoms with E-state index in [1.165, 1.54) is 12.1 Å². The molecule has 0 radical (unpaired) electrons. The molecule has 0 bridgehead atoms. The number of pyridine rings is 1. The van der Waals surface area contributed by atoms with Crippen LogP contribution in [0.1, 0.15) is 0 Å². The van der Waals surface area contributed by atoms with Crippen LogP contribution in [0.5, 0.6) is 0 Å². The van der Waals surface area contributed by atoms with Crippen LogP contribution in [0.2, 0.25) is 0 Å². The van der Waals surface area contributed by atoms with Gasteiger partial charge in [-0.1, -0.05) is 0 Å². The maximum absolute atomic E-state index is 12.0. The molecule has 4 nitrogen and oxygen atoms in total. The third-order valence-electron chi connectivity index (χ3n) is 1.62. The molecule has 1 N–H and O–H groups in total. The second-order valence-corrected chi connectivity index (χ2v) is 3.81. The molecule has 0 amide bonds. The van der Waals surface area contributed by atoms with Gasteiger partial charge in [0.25, 0.3) is 0 Å². The number of nitrogens with zero attached hydrogens (tertiary/aromatic N) is 2. The van der Waals surface area contributed by atoms with Crippen LogP contribution >= 0.6 is 11.8 Å². The molecule has 0 saturated heterocycles. The van der Waals surface area contributed by atoms with Gasteiger partial charge >= 0.3 is 11.2 Å². The molecule has 2 heterocycles. The number of hydrogen-bond donors (Lipinski definition) is 1. The standard InChI is InChI=1S/C7H4F3N3OS/c8-7(9,10)15-4-1-2-5-11-12-6(14)13(5)3-4/h1-3H,(H,12,14). The van der Waals surface area contributed by atoms with Gasteiger partial charge in [-0.05, 0) is 23.9 Å². The van der Waals surface area contributed by atoms with Gasteiger partial charge in [-0.3, -0.25) is 0 Å². The van der Waals surface area contributed by atoms with E-state index in [-0.39, 0.29) is 22.3 Å². The van der Waals surface area contributed by atoms with Crippen molar-refractivity contribution in [2.45, 2.75) is 10.4 Å². The molecule has 0 fully saturated rings. The Bertz CT molecular complexity index is 544. The molecule has 0 aliphatic rings. The van der Waals surface area contributed by atoms with Crippen molar-refractivity contribution in [3.05, 3.63) is 28.8 Å². The van der Waals surface area contributed by atoms with E-state index in [1.807, 2.05) is 0 Å². The van der Waals surface area contributed by atoms with E-state index in [0.717, 1.165) is 10.6 Å². The van der Waals surface area contributed by atoms with Crippen LogP contribution in [0, 0.1) is 0 Å². The monoisotopic (exact) mass is 235 g/mol. The van der Waals surface area contributed by atoms with Gasteiger partial charge in [-0.25, -0.2) is 14.3 Å². The minimum atomic E-state index is -4.36. The SMILES string of the molecule is O=c1[nH]nc2ccc(SC(F)(F)F)cn12. The van der Waals surface area contributed by atoms with E-state index in [0.29, 0.717) is 0 Å². The topological polar surface area (TPSA) is 50.2 Å². The van der Waals surface area contributed by atoms with Crippen LogP contribution in [0.25, 0.3) is 5.65 Å². The summed E-state index contributed by atoms with van der Waals surface area (Å²) in [7, 11) is 0. The van der Waals surface area contributed by atoms with E-state index in [4.69, 9.17) is 0 Å². The van der Waals surface area contributed by atoms with Gasteiger partial charge in [0, 0.05) is 11.1 Å². The summed E-state index contributed by atoms with van der Waals surface area (Å²) >= 11 is -0.274. The molecule has 15 heavy (non-hydrogen) atoms. The van der Waals surface area contributed by atoms with E-state index < -0.39 is 11.2 Å². The van der Waals surface area contributed by atoms with E-state index in [9.17, 15) is 18.0 Å². The fourth-order valence-corrected chi connectivity index (χ4v) is 1.64. The summed E-state index contributed by atoms with van der Waals surface area (Å²) in [5.41, 5.74) is -4.64. The Morgan fingerprint density at radius 1 is 1.40 bits per heavy atom. The van der Waals surface area contributed by atoms with Crippen LogP contribution < -0.4 is 5.69 Å². The zero-order valence-corrected chi connectivity index (χ0v) is 7.89. The van der Waals surface area contributed by atoms with Crippen LogP contribution in [-0.2, 0) is 0 Å². The lowest BCUT2D eigenvalue weighted by molar-refractivity contribution is -0.0328. The highest BCUT2D eigenvalue weighted by Gasteiger charge is 2.29. The summed E-state index contributed by atoms with van der Waals surface area (Å²) in [5.74, 6) is 0. The predicted octanol–water partition coefficient (Wildman–Crippen LogP) is 1.63. The van der Waals surface area contributed by atoms with Gasteiger partial charge in [0.1, 0.15) is 0 Å². The van der Waals surface area contributed by atoms with Crippen LogP contribution in [0.4, 0.5) is 13.2 Å². The highest BCUT2D eigenvalue weighted by molar-refractivity contribution is 8.00. The summed E-state index contributed by atoms with van der Waals surface area (Å²) in [5, 5.41) is 5.72. The number of alkyl halides is 3. The van der Waals surface area contributed by atoms with Crippen molar-refractivity contribution in [3.8, 4) is 0 Å². The molecule has 0 saturated carbocycles. The van der Waals surface area contributed by atoms with Crippen molar-refractivity contribution in [1.29, 1.82) is 0 Å². The third-order valence-corrected chi connectivity index (χ3v) is 2.33. The second-order valence-electron chi connectivity index (χ2n) is 2.67. The average Bonchev–Trinajstić information content (AvgIpc) is 2.45. The summed E-state index contributed by atoms with van der Waals surface area (Å²) in [6.45, 7) is 0. The fraction of sp³-hybridized carbons (Fsp3) is 0.143. The quantitative estimate of drug-likeness (QED) is 0.764. The second kappa shape index (κ2) is 3.30. The van der Waals surface area contributed by atoms with Gasteiger partial charge < -0.3 is 0 Å². The predicted molar refractivity (Wildman–Crippen MR) is 47.7 cm³/mol. The van der Waals surface area contributed by atoms with E-state index in [2.05, 4.69) is 10.2 Å². The normalized spacial score (nSPS) is 12.2. The zero-order chi connectivity index (χ0) is 11.1. The Morgan fingerprint density at radius 2 is 2.13 bits per heavy atom. The lowest BCUT2D eigenvalue weighted by Crippen LogP contribution is -2.09. The number of fused-ring (bicyclic) bond motifs is 1. The molecular formula is C7H4F3N3OS. The van der Waals surface area contributed by atoms with Gasteiger partial charge in [0.2, 0.25) is 0 Å². The van der Waals surface area contributed by atoms with Crippen molar-refractivity contribution < 1.29 is 13.2 Å². The number of H-pyrrole nitrogens is 1. The zero-order valence-electron chi connectivity index (χ0n) is 7.08.